The van der Waals surface area contributed by atoms with E-state index in [4.69, 9.17) is 17.3 Å². The van der Waals surface area contributed by atoms with Gasteiger partial charge in [-0.25, -0.2) is 4.68 Å². The third-order valence-corrected chi connectivity index (χ3v) is 6.84. The molecule has 0 saturated heterocycles. The highest BCUT2D eigenvalue weighted by molar-refractivity contribution is 7.71. The first-order chi connectivity index (χ1) is 14.4. The zero-order chi connectivity index (χ0) is 20.9. The number of alkyl halides is 3. The van der Waals surface area contributed by atoms with Crippen molar-refractivity contribution in [3.05, 3.63) is 57.7 Å². The van der Waals surface area contributed by atoms with Gasteiger partial charge in [-0.15, -0.1) is 16.4 Å². The Morgan fingerprint density at radius 3 is 2.40 bits per heavy atom. The number of halogens is 3. The molecule has 158 valence electrons. The largest absolute Gasteiger partial charge is 0.416 e. The molecule has 2 aromatic heterocycles. The number of rotatable bonds is 7. The van der Waals surface area contributed by atoms with Gasteiger partial charge in [0.25, 0.3) is 0 Å². The molecule has 0 unspecified atom stereocenters. The summed E-state index contributed by atoms with van der Waals surface area (Å²) in [4.78, 5) is 3.37. The molecule has 0 amide bonds. The van der Waals surface area contributed by atoms with E-state index in [-0.39, 0.29) is 0 Å². The molecular weight excluding hydrogens is 429 g/mol. The topological polar surface area (TPSA) is 26.0 Å². The minimum atomic E-state index is -4.31. The molecule has 2 aliphatic carbocycles. The fourth-order valence-corrected chi connectivity index (χ4v) is 4.73. The summed E-state index contributed by atoms with van der Waals surface area (Å²) in [5, 5.41) is 6.88. The van der Waals surface area contributed by atoms with Crippen molar-refractivity contribution < 1.29 is 13.2 Å². The normalized spacial score (nSPS) is 17.1. The summed E-state index contributed by atoms with van der Waals surface area (Å²) in [5.74, 6) is 0.919. The van der Waals surface area contributed by atoms with Crippen LogP contribution in [0.25, 0.3) is 10.7 Å². The maximum atomic E-state index is 12.8. The van der Waals surface area contributed by atoms with Crippen LogP contribution in [0.15, 0.2) is 41.8 Å². The lowest BCUT2D eigenvalue weighted by molar-refractivity contribution is -0.137. The molecule has 1 aromatic carbocycles. The average Bonchev–Trinajstić information content (AvgIpc) is 3.64. The zero-order valence-corrected chi connectivity index (χ0v) is 17.8. The van der Waals surface area contributed by atoms with Crippen LogP contribution in [0.3, 0.4) is 0 Å². The van der Waals surface area contributed by atoms with Gasteiger partial charge in [0.1, 0.15) is 0 Å². The summed E-state index contributed by atoms with van der Waals surface area (Å²) in [5.41, 5.74) is 0.247. The third kappa shape index (κ3) is 4.10. The van der Waals surface area contributed by atoms with Crippen LogP contribution < -0.4 is 0 Å². The van der Waals surface area contributed by atoms with E-state index in [0.29, 0.717) is 25.3 Å². The van der Waals surface area contributed by atoms with Gasteiger partial charge in [0.2, 0.25) is 0 Å². The molecule has 0 spiro atoms. The quantitative estimate of drug-likeness (QED) is 0.406. The second-order valence-electron chi connectivity index (χ2n) is 8.00. The highest BCUT2D eigenvalue weighted by atomic mass is 32.1. The van der Waals surface area contributed by atoms with Crippen molar-refractivity contribution in [2.24, 2.45) is 0 Å². The maximum absolute atomic E-state index is 12.8. The van der Waals surface area contributed by atoms with E-state index in [1.54, 1.807) is 23.5 Å². The lowest BCUT2D eigenvalue weighted by Crippen LogP contribution is -2.29. The second-order valence-corrected chi connectivity index (χ2v) is 9.31. The highest BCUT2D eigenvalue weighted by Crippen LogP contribution is 2.39. The number of thiophene rings is 1. The summed E-state index contributed by atoms with van der Waals surface area (Å²) >= 11 is 7.42. The summed E-state index contributed by atoms with van der Waals surface area (Å²) in [6.07, 6.45) is 0.117. The minimum absolute atomic E-state index is 0.422. The maximum Gasteiger partial charge on any atom is 0.416 e. The molecule has 0 radical (unpaired) electrons. The third-order valence-electron chi connectivity index (χ3n) is 5.57. The van der Waals surface area contributed by atoms with Crippen LogP contribution in [0.4, 0.5) is 13.2 Å². The fourth-order valence-electron chi connectivity index (χ4n) is 3.69. The van der Waals surface area contributed by atoms with Gasteiger partial charge >= 0.3 is 6.18 Å². The molecule has 30 heavy (non-hydrogen) atoms. The number of aromatic nitrogens is 3. The Morgan fingerprint density at radius 1 is 1.10 bits per heavy atom. The Kier molecular flexibility index (Phi) is 5.07. The summed E-state index contributed by atoms with van der Waals surface area (Å²) in [6, 6.07) is 10.4. The average molecular weight is 451 g/mol. The number of hydrogen-bond donors (Lipinski definition) is 0. The molecule has 2 aliphatic rings. The SMILES string of the molecule is FC(F)(F)c1ccc(CN(Cn2nc(-c3cccs3)n(C3CC3)c2=S)C2CC2)cc1. The Morgan fingerprint density at radius 2 is 1.83 bits per heavy atom. The zero-order valence-electron chi connectivity index (χ0n) is 16.2. The van der Waals surface area contributed by atoms with E-state index in [2.05, 4.69) is 15.5 Å². The molecule has 0 bridgehead atoms. The molecular formula is C21H21F3N4S2. The van der Waals surface area contributed by atoms with E-state index in [0.717, 1.165) is 58.9 Å². The Balaban J connectivity index is 1.39. The lowest BCUT2D eigenvalue weighted by Gasteiger charge is -2.22. The number of hydrogen-bond acceptors (Lipinski definition) is 4. The Bertz CT molecular complexity index is 1080. The Hall–Kier alpha value is -1.97. The monoisotopic (exact) mass is 450 g/mol. The van der Waals surface area contributed by atoms with Gasteiger partial charge in [-0.2, -0.15) is 13.2 Å². The minimum Gasteiger partial charge on any atom is -0.296 e. The first kappa shape index (κ1) is 20.0. The first-order valence-electron chi connectivity index (χ1n) is 10.0. The van der Waals surface area contributed by atoms with Crippen LogP contribution in [-0.4, -0.2) is 25.3 Å². The fraction of sp³-hybridized carbons (Fsp3) is 0.429. The van der Waals surface area contributed by atoms with Crippen LogP contribution in [0.5, 0.6) is 0 Å². The van der Waals surface area contributed by atoms with Crippen LogP contribution in [-0.2, 0) is 19.4 Å². The molecule has 3 aromatic rings. The standard InChI is InChI=1S/C21H21F3N4S2/c22-21(23,24)15-5-3-14(4-6-15)12-26(16-7-8-16)13-27-20(29)28(17-9-10-17)19(25-27)18-2-1-11-30-18/h1-6,11,16-17H,7-10,12-13H2. The van der Waals surface area contributed by atoms with Crippen molar-refractivity contribution in [2.75, 3.05) is 0 Å². The van der Waals surface area contributed by atoms with Crippen LogP contribution in [0.2, 0.25) is 0 Å². The number of nitrogens with zero attached hydrogens (tertiary/aromatic N) is 4. The van der Waals surface area contributed by atoms with Crippen LogP contribution >= 0.6 is 23.6 Å². The van der Waals surface area contributed by atoms with Gasteiger partial charge in [-0.1, -0.05) is 18.2 Å². The van der Waals surface area contributed by atoms with Crippen molar-refractivity contribution >= 4 is 23.6 Å². The smallest absolute Gasteiger partial charge is 0.296 e. The number of benzene rings is 1. The van der Waals surface area contributed by atoms with Gasteiger partial charge in [-0.3, -0.25) is 9.47 Å². The van der Waals surface area contributed by atoms with E-state index in [1.165, 1.54) is 0 Å². The Labute approximate surface area is 181 Å². The van der Waals surface area contributed by atoms with Gasteiger partial charge < -0.3 is 0 Å². The molecule has 0 N–H and O–H groups in total. The van der Waals surface area contributed by atoms with Crippen molar-refractivity contribution in [3.63, 3.8) is 0 Å². The van der Waals surface area contributed by atoms with E-state index in [1.807, 2.05) is 16.1 Å². The van der Waals surface area contributed by atoms with Gasteiger partial charge in [-0.05, 0) is 67.0 Å². The summed E-state index contributed by atoms with van der Waals surface area (Å²) in [6.45, 7) is 1.12. The van der Waals surface area contributed by atoms with E-state index >= 15 is 0 Å². The van der Waals surface area contributed by atoms with Crippen molar-refractivity contribution in [3.8, 4) is 10.7 Å². The van der Waals surface area contributed by atoms with Gasteiger partial charge in [0.05, 0.1) is 17.1 Å². The van der Waals surface area contributed by atoms with Crippen molar-refractivity contribution in [1.82, 2.24) is 19.2 Å². The summed E-state index contributed by atoms with van der Waals surface area (Å²) in [7, 11) is 0. The molecule has 0 aliphatic heterocycles. The molecule has 2 fully saturated rings. The molecule has 5 rings (SSSR count). The molecule has 2 saturated carbocycles. The molecule has 0 atom stereocenters. The highest BCUT2D eigenvalue weighted by Gasteiger charge is 2.33. The predicted molar refractivity (Wildman–Crippen MR) is 113 cm³/mol. The molecule has 2 heterocycles. The molecule has 4 nitrogen and oxygen atoms in total. The van der Waals surface area contributed by atoms with E-state index in [9.17, 15) is 13.2 Å². The van der Waals surface area contributed by atoms with Crippen molar-refractivity contribution in [2.45, 2.75) is 57.2 Å². The predicted octanol–water partition coefficient (Wildman–Crippen LogP) is 6.12. The van der Waals surface area contributed by atoms with E-state index < -0.39 is 11.7 Å². The van der Waals surface area contributed by atoms with Crippen molar-refractivity contribution in [1.29, 1.82) is 0 Å². The van der Waals surface area contributed by atoms with Crippen LogP contribution in [0.1, 0.15) is 42.9 Å². The van der Waals surface area contributed by atoms with Gasteiger partial charge in [0.15, 0.2) is 10.6 Å². The second kappa shape index (κ2) is 7.62. The lowest BCUT2D eigenvalue weighted by atomic mass is 10.1. The first-order valence-corrected chi connectivity index (χ1v) is 11.3. The van der Waals surface area contributed by atoms with Crippen LogP contribution in [0, 0.1) is 4.77 Å². The molecule has 9 heteroatoms. The van der Waals surface area contributed by atoms with Gasteiger partial charge in [0, 0.05) is 18.6 Å². The summed E-state index contributed by atoms with van der Waals surface area (Å²) < 4.78 is 43.3.